The first kappa shape index (κ1) is 11.1. The molecule has 0 unspecified atom stereocenters. The van der Waals surface area contributed by atoms with Crippen molar-refractivity contribution in [2.24, 2.45) is 0 Å². The van der Waals surface area contributed by atoms with E-state index >= 15 is 0 Å². The summed E-state index contributed by atoms with van der Waals surface area (Å²) in [6.45, 7) is 1.49. The Hall–Kier alpha value is -2.35. The first-order valence-corrected chi connectivity index (χ1v) is 4.98. The minimum atomic E-state index is -1.40. The zero-order valence-corrected chi connectivity index (χ0v) is 9.10. The minimum Gasteiger partial charge on any atom is -0.418 e. The largest absolute Gasteiger partial charge is 0.418 e. The molecule has 0 aliphatic carbocycles. The molecular formula is C12H9NO4. The van der Waals surface area contributed by atoms with Crippen LogP contribution >= 0.6 is 0 Å². The topological polar surface area (TPSA) is 76.4 Å². The average Bonchev–Trinajstić information content (AvgIpc) is 2.27. The zero-order chi connectivity index (χ0) is 12.5. The monoisotopic (exact) mass is 231 g/mol. The number of rotatable bonds is 1. The van der Waals surface area contributed by atoms with Crippen molar-refractivity contribution < 1.29 is 19.1 Å². The molecule has 0 radical (unpaired) electrons. The molecule has 0 aromatic heterocycles. The van der Waals surface area contributed by atoms with Gasteiger partial charge >= 0.3 is 11.9 Å². The van der Waals surface area contributed by atoms with Gasteiger partial charge in [-0.3, -0.25) is 9.59 Å². The van der Waals surface area contributed by atoms with Crippen molar-refractivity contribution in [3.8, 4) is 6.07 Å². The van der Waals surface area contributed by atoms with Crippen molar-refractivity contribution >= 4 is 11.9 Å². The van der Waals surface area contributed by atoms with Gasteiger partial charge in [0.1, 0.15) is 6.42 Å². The SMILES string of the molecule is CC1(c2ccc(C#N)cc2)OC(=O)CC(=O)O1. The maximum Gasteiger partial charge on any atom is 0.320 e. The molecule has 1 aromatic carbocycles. The molecule has 17 heavy (non-hydrogen) atoms. The number of esters is 2. The third-order valence-corrected chi connectivity index (χ3v) is 2.44. The van der Waals surface area contributed by atoms with Gasteiger partial charge in [0.2, 0.25) is 0 Å². The molecule has 5 nitrogen and oxygen atoms in total. The molecule has 0 bridgehead atoms. The summed E-state index contributed by atoms with van der Waals surface area (Å²) in [6, 6.07) is 8.28. The zero-order valence-electron chi connectivity index (χ0n) is 9.10. The highest BCUT2D eigenvalue weighted by atomic mass is 16.7. The number of carbonyl (C=O) groups excluding carboxylic acids is 2. The summed E-state index contributed by atoms with van der Waals surface area (Å²) >= 11 is 0. The Morgan fingerprint density at radius 1 is 1.18 bits per heavy atom. The van der Waals surface area contributed by atoms with Gasteiger partial charge in [-0.25, -0.2) is 0 Å². The van der Waals surface area contributed by atoms with Crippen LogP contribution in [0.3, 0.4) is 0 Å². The predicted molar refractivity (Wildman–Crippen MR) is 55.3 cm³/mol. The molecule has 86 valence electrons. The molecule has 0 N–H and O–H groups in total. The van der Waals surface area contributed by atoms with E-state index < -0.39 is 17.7 Å². The molecule has 1 fully saturated rings. The fourth-order valence-corrected chi connectivity index (χ4v) is 1.61. The van der Waals surface area contributed by atoms with E-state index in [1.165, 1.54) is 6.92 Å². The molecule has 1 saturated heterocycles. The molecule has 5 heteroatoms. The Kier molecular flexibility index (Phi) is 2.56. The summed E-state index contributed by atoms with van der Waals surface area (Å²) in [6.07, 6.45) is -0.369. The van der Waals surface area contributed by atoms with Crippen LogP contribution in [0.5, 0.6) is 0 Å². The van der Waals surface area contributed by atoms with E-state index in [2.05, 4.69) is 0 Å². The molecule has 0 atom stereocenters. The van der Waals surface area contributed by atoms with E-state index in [9.17, 15) is 9.59 Å². The van der Waals surface area contributed by atoms with Crippen LogP contribution in [0.25, 0.3) is 0 Å². The number of carbonyl (C=O) groups is 2. The van der Waals surface area contributed by atoms with Gasteiger partial charge in [0.05, 0.1) is 11.6 Å². The van der Waals surface area contributed by atoms with Crippen LogP contribution in [0.2, 0.25) is 0 Å². The van der Waals surface area contributed by atoms with Gasteiger partial charge < -0.3 is 9.47 Å². The van der Waals surface area contributed by atoms with Gasteiger partial charge in [0, 0.05) is 12.5 Å². The second kappa shape index (κ2) is 3.91. The Labute approximate surface area is 97.6 Å². The highest BCUT2D eigenvalue weighted by molar-refractivity contribution is 5.93. The molecule has 1 aliphatic heterocycles. The maximum absolute atomic E-state index is 11.2. The lowest BCUT2D eigenvalue weighted by molar-refractivity contribution is -0.242. The van der Waals surface area contributed by atoms with E-state index in [1.54, 1.807) is 24.3 Å². The van der Waals surface area contributed by atoms with Crippen LogP contribution < -0.4 is 0 Å². The first-order chi connectivity index (χ1) is 8.03. The summed E-state index contributed by atoms with van der Waals surface area (Å²) in [5.74, 6) is -2.64. The van der Waals surface area contributed by atoms with Crippen LogP contribution in [-0.4, -0.2) is 11.9 Å². The van der Waals surface area contributed by atoms with Crippen molar-refractivity contribution in [3.63, 3.8) is 0 Å². The fourth-order valence-electron chi connectivity index (χ4n) is 1.61. The van der Waals surface area contributed by atoms with E-state index in [4.69, 9.17) is 14.7 Å². The second-order valence-electron chi connectivity index (χ2n) is 3.76. The number of ether oxygens (including phenoxy) is 2. The highest BCUT2D eigenvalue weighted by Gasteiger charge is 2.40. The fraction of sp³-hybridized carbons (Fsp3) is 0.250. The number of nitriles is 1. The van der Waals surface area contributed by atoms with Crippen LogP contribution in [0.4, 0.5) is 0 Å². The summed E-state index contributed by atoms with van der Waals surface area (Å²) in [5.41, 5.74) is 0.990. The lowest BCUT2D eigenvalue weighted by Crippen LogP contribution is -2.40. The van der Waals surface area contributed by atoms with Crippen LogP contribution in [0.1, 0.15) is 24.5 Å². The molecule has 1 heterocycles. The third-order valence-electron chi connectivity index (χ3n) is 2.44. The van der Waals surface area contributed by atoms with Crippen molar-refractivity contribution in [2.75, 3.05) is 0 Å². The quantitative estimate of drug-likeness (QED) is 0.536. The summed E-state index contributed by atoms with van der Waals surface area (Å²) < 4.78 is 10.1. The molecule has 1 aliphatic rings. The van der Waals surface area contributed by atoms with Crippen molar-refractivity contribution in [1.29, 1.82) is 5.26 Å². The van der Waals surface area contributed by atoms with Gasteiger partial charge in [0.15, 0.2) is 0 Å². The number of nitrogens with zero attached hydrogens (tertiary/aromatic N) is 1. The minimum absolute atomic E-state index is 0.369. The van der Waals surface area contributed by atoms with Gasteiger partial charge in [-0.15, -0.1) is 0 Å². The lowest BCUT2D eigenvalue weighted by Gasteiger charge is -2.32. The number of cyclic esters (lactones) is 2. The molecule has 2 rings (SSSR count). The number of benzene rings is 1. The molecule has 0 saturated carbocycles. The van der Waals surface area contributed by atoms with Gasteiger partial charge in [-0.2, -0.15) is 5.26 Å². The molecule has 0 amide bonds. The molecular weight excluding hydrogens is 222 g/mol. The molecule has 1 aromatic rings. The molecule has 0 spiro atoms. The second-order valence-corrected chi connectivity index (χ2v) is 3.76. The van der Waals surface area contributed by atoms with E-state index in [1.807, 2.05) is 6.07 Å². The maximum atomic E-state index is 11.2. The van der Waals surface area contributed by atoms with Crippen LogP contribution in [-0.2, 0) is 24.8 Å². The van der Waals surface area contributed by atoms with Crippen molar-refractivity contribution in [2.45, 2.75) is 19.1 Å². The number of hydrogen-bond donors (Lipinski definition) is 0. The Bertz CT molecular complexity index is 496. The van der Waals surface area contributed by atoms with Crippen LogP contribution in [0.15, 0.2) is 24.3 Å². The van der Waals surface area contributed by atoms with E-state index in [-0.39, 0.29) is 6.42 Å². The van der Waals surface area contributed by atoms with E-state index in [0.29, 0.717) is 11.1 Å². The normalized spacial score (nSPS) is 17.9. The van der Waals surface area contributed by atoms with Gasteiger partial charge in [-0.05, 0) is 24.3 Å². The first-order valence-electron chi connectivity index (χ1n) is 4.98. The van der Waals surface area contributed by atoms with Gasteiger partial charge in [0.25, 0.3) is 5.79 Å². The predicted octanol–water partition coefficient (Wildman–Crippen LogP) is 1.22. The highest BCUT2D eigenvalue weighted by Crippen LogP contribution is 2.31. The Morgan fingerprint density at radius 3 is 2.18 bits per heavy atom. The lowest BCUT2D eigenvalue weighted by atomic mass is 10.0. The average molecular weight is 231 g/mol. The summed E-state index contributed by atoms with van der Waals surface area (Å²) in [4.78, 5) is 22.4. The summed E-state index contributed by atoms with van der Waals surface area (Å²) in [7, 11) is 0. The Morgan fingerprint density at radius 2 is 1.71 bits per heavy atom. The Balaban J connectivity index is 2.33. The van der Waals surface area contributed by atoms with Crippen molar-refractivity contribution in [1.82, 2.24) is 0 Å². The smallest absolute Gasteiger partial charge is 0.320 e. The summed E-state index contributed by atoms with van der Waals surface area (Å²) in [5, 5.41) is 8.67. The standard InChI is InChI=1S/C12H9NO4/c1-12(16-10(14)6-11(15)17-12)9-4-2-8(7-13)3-5-9/h2-5H,6H2,1H3. The van der Waals surface area contributed by atoms with Gasteiger partial charge in [-0.1, -0.05) is 0 Å². The van der Waals surface area contributed by atoms with Crippen molar-refractivity contribution in [3.05, 3.63) is 35.4 Å². The van der Waals surface area contributed by atoms with Crippen LogP contribution in [0, 0.1) is 11.3 Å². The van der Waals surface area contributed by atoms with E-state index in [0.717, 1.165) is 0 Å². The third kappa shape index (κ3) is 2.11. The number of hydrogen-bond acceptors (Lipinski definition) is 5.